The highest BCUT2D eigenvalue weighted by Crippen LogP contribution is 2.44. The zero-order chi connectivity index (χ0) is 25.5. The van der Waals surface area contributed by atoms with Gasteiger partial charge < -0.3 is 15.5 Å². The van der Waals surface area contributed by atoms with E-state index in [0.29, 0.717) is 23.4 Å². The normalized spacial score (nSPS) is 19.2. The second-order valence-corrected chi connectivity index (χ2v) is 12.8. The summed E-state index contributed by atoms with van der Waals surface area (Å²) in [5, 5.41) is 16.0. The second kappa shape index (κ2) is 9.15. The SMILES string of the molecule is CN1Cc2cc(Nc3ncc(C#N)c(Nc4cccc(N=S(C)(C)=O)n4)n3)cc3c2C(C)(CCC3)C1. The van der Waals surface area contributed by atoms with Gasteiger partial charge in [-0.3, -0.25) is 0 Å². The minimum Gasteiger partial charge on any atom is -0.324 e. The quantitative estimate of drug-likeness (QED) is 0.518. The molecule has 9 nitrogen and oxygen atoms in total. The van der Waals surface area contributed by atoms with Crippen LogP contribution in [0.5, 0.6) is 0 Å². The summed E-state index contributed by atoms with van der Waals surface area (Å²) < 4.78 is 16.2. The van der Waals surface area contributed by atoms with Crippen molar-refractivity contribution in [3.63, 3.8) is 0 Å². The van der Waals surface area contributed by atoms with E-state index >= 15 is 0 Å². The average molecular weight is 503 g/mol. The lowest BCUT2D eigenvalue weighted by Crippen LogP contribution is -2.44. The molecule has 0 saturated carbocycles. The Balaban J connectivity index is 1.45. The maximum atomic E-state index is 12.0. The molecule has 36 heavy (non-hydrogen) atoms. The Bertz CT molecular complexity index is 1500. The Labute approximate surface area is 212 Å². The number of anilines is 4. The number of aryl methyl sites for hydroxylation is 1. The summed E-state index contributed by atoms with van der Waals surface area (Å²) in [5.41, 5.74) is 5.70. The Morgan fingerprint density at radius 2 is 2.00 bits per heavy atom. The Morgan fingerprint density at radius 1 is 1.19 bits per heavy atom. The minimum atomic E-state index is -2.35. The summed E-state index contributed by atoms with van der Waals surface area (Å²) in [6.45, 7) is 4.39. The molecule has 0 bridgehead atoms. The van der Waals surface area contributed by atoms with Crippen LogP contribution in [0.4, 0.5) is 29.1 Å². The molecule has 1 atom stereocenters. The Kier molecular flexibility index (Phi) is 6.14. The lowest BCUT2D eigenvalue weighted by atomic mass is 9.67. The Morgan fingerprint density at radius 3 is 2.78 bits per heavy atom. The van der Waals surface area contributed by atoms with Crippen LogP contribution in [0.25, 0.3) is 0 Å². The molecule has 1 aliphatic carbocycles. The van der Waals surface area contributed by atoms with Crippen molar-refractivity contribution < 1.29 is 4.21 Å². The first kappa shape index (κ1) is 24.2. The highest BCUT2D eigenvalue weighted by molar-refractivity contribution is 7.92. The van der Waals surface area contributed by atoms with Gasteiger partial charge in [0.15, 0.2) is 11.6 Å². The summed E-state index contributed by atoms with van der Waals surface area (Å²) in [4.78, 5) is 15.7. The number of rotatable bonds is 5. The van der Waals surface area contributed by atoms with Gasteiger partial charge in [-0.05, 0) is 67.3 Å². The standard InChI is InChI=1S/C26H30N8OS/c1-26-10-6-7-17-11-20(12-18(23(17)26)15-34(2)16-26)29-25-28-14-19(13-27)24(32-25)31-21-8-5-9-22(30-21)33-36(3,4)35/h5,8-9,11-12,14H,6-7,10,15-16H2,1-4H3,(H2,28,29,30,31,32). The van der Waals surface area contributed by atoms with Crippen molar-refractivity contribution in [2.45, 2.75) is 38.1 Å². The molecule has 5 rings (SSSR count). The molecule has 1 unspecified atom stereocenters. The van der Waals surface area contributed by atoms with Crippen LogP contribution in [0.1, 0.15) is 42.0 Å². The fourth-order valence-corrected chi connectivity index (χ4v) is 6.02. The zero-order valence-corrected chi connectivity index (χ0v) is 21.8. The van der Waals surface area contributed by atoms with Gasteiger partial charge in [-0.25, -0.2) is 14.2 Å². The van der Waals surface area contributed by atoms with Gasteiger partial charge in [-0.2, -0.15) is 14.6 Å². The molecule has 0 fully saturated rings. The maximum Gasteiger partial charge on any atom is 0.229 e. The van der Waals surface area contributed by atoms with Crippen molar-refractivity contribution >= 4 is 38.8 Å². The van der Waals surface area contributed by atoms with Crippen molar-refractivity contribution in [2.75, 3.05) is 36.7 Å². The molecule has 0 radical (unpaired) electrons. The molecule has 10 heteroatoms. The summed E-state index contributed by atoms with van der Waals surface area (Å²) >= 11 is 0. The van der Waals surface area contributed by atoms with E-state index in [-0.39, 0.29) is 11.0 Å². The number of benzene rings is 1. The number of aromatic nitrogens is 3. The van der Waals surface area contributed by atoms with Gasteiger partial charge in [0, 0.05) is 46.4 Å². The maximum absolute atomic E-state index is 12.0. The third-order valence-corrected chi connectivity index (χ3v) is 7.23. The molecule has 0 spiro atoms. The van der Waals surface area contributed by atoms with Crippen LogP contribution in [-0.2, 0) is 28.1 Å². The highest BCUT2D eigenvalue weighted by Gasteiger charge is 2.38. The number of pyridine rings is 1. The van der Waals surface area contributed by atoms with Crippen molar-refractivity contribution in [2.24, 2.45) is 4.36 Å². The smallest absolute Gasteiger partial charge is 0.229 e. The fourth-order valence-electron chi connectivity index (χ4n) is 5.47. The van der Waals surface area contributed by atoms with Gasteiger partial charge in [0.05, 0.1) is 6.20 Å². The molecular weight excluding hydrogens is 472 g/mol. The van der Waals surface area contributed by atoms with E-state index in [9.17, 15) is 9.47 Å². The van der Waals surface area contributed by atoms with Crippen LogP contribution in [0.2, 0.25) is 0 Å². The van der Waals surface area contributed by atoms with Crippen molar-refractivity contribution in [3.8, 4) is 6.07 Å². The molecule has 2 aromatic heterocycles. The highest BCUT2D eigenvalue weighted by atomic mass is 32.2. The third kappa shape index (κ3) is 5.03. The molecule has 1 aliphatic heterocycles. The number of nitrogens with one attached hydrogen (secondary N) is 2. The number of likely N-dealkylation sites (N-methyl/N-ethyl adjacent to an activating group) is 1. The van der Waals surface area contributed by atoms with E-state index in [1.165, 1.54) is 35.7 Å². The molecule has 1 aromatic carbocycles. The summed E-state index contributed by atoms with van der Waals surface area (Å²) in [7, 11) is -0.166. The zero-order valence-electron chi connectivity index (χ0n) is 21.0. The van der Waals surface area contributed by atoms with E-state index in [1.54, 1.807) is 30.7 Å². The number of nitriles is 1. The first-order valence-electron chi connectivity index (χ1n) is 11.9. The topological polar surface area (TPSA) is 119 Å². The van der Waals surface area contributed by atoms with Gasteiger partial charge >= 0.3 is 0 Å². The second-order valence-electron chi connectivity index (χ2n) is 10.2. The predicted octanol–water partition coefficient (Wildman–Crippen LogP) is 4.63. The van der Waals surface area contributed by atoms with Gasteiger partial charge in [-0.15, -0.1) is 0 Å². The number of hydrogen-bond donors (Lipinski definition) is 2. The fraction of sp³-hybridized carbons (Fsp3) is 0.385. The third-order valence-electron chi connectivity index (χ3n) is 6.60. The average Bonchev–Trinajstić information content (AvgIpc) is 2.77. The number of nitrogens with zero attached hydrogens (tertiary/aromatic N) is 6. The first-order chi connectivity index (χ1) is 17.1. The number of hydrogen-bond acceptors (Lipinski definition) is 9. The largest absolute Gasteiger partial charge is 0.324 e. The molecule has 0 amide bonds. The van der Waals surface area contributed by atoms with Crippen LogP contribution in [-0.4, -0.2) is 50.2 Å². The van der Waals surface area contributed by atoms with Gasteiger partial charge in [0.2, 0.25) is 5.95 Å². The summed E-state index contributed by atoms with van der Waals surface area (Å²) in [6.07, 6.45) is 8.08. The molecule has 2 N–H and O–H groups in total. The van der Waals surface area contributed by atoms with Crippen molar-refractivity contribution in [3.05, 3.63) is 58.8 Å². The molecule has 186 valence electrons. The van der Waals surface area contributed by atoms with Crippen LogP contribution in [0.15, 0.2) is 40.9 Å². The van der Waals surface area contributed by atoms with Crippen LogP contribution in [0.3, 0.4) is 0 Å². The molecule has 3 heterocycles. The minimum absolute atomic E-state index is 0.201. The van der Waals surface area contributed by atoms with Crippen molar-refractivity contribution in [1.82, 2.24) is 19.9 Å². The van der Waals surface area contributed by atoms with Crippen LogP contribution in [0, 0.1) is 11.3 Å². The van der Waals surface area contributed by atoms with Gasteiger partial charge in [-0.1, -0.05) is 13.0 Å². The lowest BCUT2D eigenvalue weighted by molar-refractivity contribution is 0.203. The van der Waals surface area contributed by atoms with Gasteiger partial charge in [0.25, 0.3) is 0 Å². The molecule has 3 aromatic rings. The molecular formula is C26H30N8OS. The van der Waals surface area contributed by atoms with Gasteiger partial charge in [0.1, 0.15) is 17.5 Å². The summed E-state index contributed by atoms with van der Waals surface area (Å²) in [5.74, 6) is 1.51. The monoisotopic (exact) mass is 502 g/mol. The van der Waals surface area contributed by atoms with Crippen LogP contribution < -0.4 is 10.6 Å². The summed E-state index contributed by atoms with van der Waals surface area (Å²) in [6, 6.07) is 11.7. The van der Waals surface area contributed by atoms with E-state index in [2.05, 4.69) is 67.0 Å². The van der Waals surface area contributed by atoms with Crippen LogP contribution >= 0.6 is 0 Å². The van der Waals surface area contributed by atoms with E-state index in [1.807, 2.05) is 0 Å². The predicted molar refractivity (Wildman–Crippen MR) is 143 cm³/mol. The van der Waals surface area contributed by atoms with E-state index in [4.69, 9.17) is 0 Å². The van der Waals surface area contributed by atoms with E-state index in [0.717, 1.165) is 25.2 Å². The molecule has 0 saturated heterocycles. The van der Waals surface area contributed by atoms with Crippen molar-refractivity contribution in [1.29, 1.82) is 5.26 Å². The lowest BCUT2D eigenvalue weighted by Gasteiger charge is -2.45. The molecule has 2 aliphatic rings. The van der Waals surface area contributed by atoms with E-state index < -0.39 is 9.73 Å². The first-order valence-corrected chi connectivity index (χ1v) is 14.3. The Hall–Kier alpha value is -3.55.